The maximum Gasteiger partial charge on any atom is 0.359 e. The predicted octanol–water partition coefficient (Wildman–Crippen LogP) is 2.37. The highest BCUT2D eigenvalue weighted by atomic mass is 16.5. The van der Waals surface area contributed by atoms with Crippen LogP contribution in [0.5, 0.6) is 0 Å². The van der Waals surface area contributed by atoms with E-state index in [0.717, 1.165) is 12.8 Å². The van der Waals surface area contributed by atoms with Crippen molar-refractivity contribution in [2.45, 2.75) is 46.1 Å². The SMILES string of the molecule is CC1CC(OC(=O)c2c(N)cnn2C)CC(C)(C)C1. The number of rotatable bonds is 2. The zero-order chi connectivity index (χ0) is 14.2. The summed E-state index contributed by atoms with van der Waals surface area (Å²) in [6.45, 7) is 6.66. The van der Waals surface area contributed by atoms with Gasteiger partial charge in [-0.15, -0.1) is 0 Å². The zero-order valence-corrected chi connectivity index (χ0v) is 12.1. The average molecular weight is 265 g/mol. The third-order valence-electron chi connectivity index (χ3n) is 3.78. The van der Waals surface area contributed by atoms with Crippen LogP contribution in [0.25, 0.3) is 0 Å². The van der Waals surface area contributed by atoms with Crippen LogP contribution >= 0.6 is 0 Å². The number of hydrogen-bond donors (Lipinski definition) is 1. The molecule has 0 saturated heterocycles. The number of aromatic nitrogens is 2. The second-order valence-corrected chi connectivity index (χ2v) is 6.51. The van der Waals surface area contributed by atoms with Gasteiger partial charge in [-0.1, -0.05) is 20.8 Å². The number of anilines is 1. The number of nitrogens with two attached hydrogens (primary N) is 1. The monoisotopic (exact) mass is 265 g/mol. The minimum Gasteiger partial charge on any atom is -0.458 e. The maximum absolute atomic E-state index is 12.2. The predicted molar refractivity (Wildman–Crippen MR) is 73.6 cm³/mol. The van der Waals surface area contributed by atoms with E-state index < -0.39 is 0 Å². The molecule has 1 saturated carbocycles. The zero-order valence-electron chi connectivity index (χ0n) is 12.1. The molecule has 0 aromatic carbocycles. The van der Waals surface area contributed by atoms with E-state index in [1.165, 1.54) is 17.3 Å². The number of carbonyl (C=O) groups excluding carboxylic acids is 1. The molecular formula is C14H23N3O2. The van der Waals surface area contributed by atoms with Gasteiger partial charge in [0.1, 0.15) is 6.10 Å². The lowest BCUT2D eigenvalue weighted by molar-refractivity contribution is -0.00795. The Morgan fingerprint density at radius 1 is 1.53 bits per heavy atom. The van der Waals surface area contributed by atoms with Crippen LogP contribution in [0.3, 0.4) is 0 Å². The lowest BCUT2D eigenvalue weighted by Gasteiger charge is -2.38. The average Bonchev–Trinajstić information content (AvgIpc) is 2.55. The summed E-state index contributed by atoms with van der Waals surface area (Å²) in [7, 11) is 1.69. The molecule has 1 heterocycles. The van der Waals surface area contributed by atoms with Crippen LogP contribution in [0.15, 0.2) is 6.20 Å². The molecule has 2 unspecified atom stereocenters. The van der Waals surface area contributed by atoms with Crippen LogP contribution in [0.2, 0.25) is 0 Å². The molecule has 1 aromatic rings. The van der Waals surface area contributed by atoms with Gasteiger partial charge < -0.3 is 10.5 Å². The summed E-state index contributed by atoms with van der Waals surface area (Å²) in [4.78, 5) is 12.2. The highest BCUT2D eigenvalue weighted by Gasteiger charge is 2.34. The number of nitrogens with zero attached hydrogens (tertiary/aromatic N) is 2. The van der Waals surface area contributed by atoms with Crippen molar-refractivity contribution in [2.75, 3.05) is 5.73 Å². The van der Waals surface area contributed by atoms with E-state index >= 15 is 0 Å². The number of esters is 1. The van der Waals surface area contributed by atoms with Gasteiger partial charge in [-0.2, -0.15) is 5.10 Å². The van der Waals surface area contributed by atoms with Gasteiger partial charge in [0, 0.05) is 7.05 Å². The third-order valence-corrected chi connectivity index (χ3v) is 3.78. The summed E-state index contributed by atoms with van der Waals surface area (Å²) in [5.41, 5.74) is 6.68. The van der Waals surface area contributed by atoms with Crippen molar-refractivity contribution >= 4 is 11.7 Å². The number of carbonyl (C=O) groups is 1. The van der Waals surface area contributed by atoms with Gasteiger partial charge in [0.25, 0.3) is 0 Å². The Labute approximate surface area is 114 Å². The highest BCUT2D eigenvalue weighted by Crippen LogP contribution is 2.39. The molecule has 1 aromatic heterocycles. The third kappa shape index (κ3) is 3.08. The second kappa shape index (κ2) is 4.87. The van der Waals surface area contributed by atoms with Crippen LogP contribution in [0.4, 0.5) is 5.69 Å². The molecule has 0 spiro atoms. The Balaban J connectivity index is 2.07. The fourth-order valence-corrected chi connectivity index (χ4v) is 3.26. The first kappa shape index (κ1) is 13.9. The van der Waals surface area contributed by atoms with Gasteiger partial charge in [0.2, 0.25) is 0 Å². The van der Waals surface area contributed by atoms with E-state index in [-0.39, 0.29) is 17.5 Å². The lowest BCUT2D eigenvalue weighted by atomic mass is 9.71. The Morgan fingerprint density at radius 3 is 2.74 bits per heavy atom. The van der Waals surface area contributed by atoms with E-state index in [1.54, 1.807) is 7.05 Å². The molecule has 0 bridgehead atoms. The number of nitrogen functional groups attached to an aromatic ring is 1. The Hall–Kier alpha value is -1.52. The number of ether oxygens (including phenoxy) is 1. The molecule has 106 valence electrons. The molecule has 0 radical (unpaired) electrons. The topological polar surface area (TPSA) is 70.1 Å². The van der Waals surface area contributed by atoms with E-state index in [0.29, 0.717) is 17.3 Å². The van der Waals surface area contributed by atoms with E-state index in [4.69, 9.17) is 10.5 Å². The number of aryl methyl sites for hydroxylation is 1. The summed E-state index contributed by atoms with van der Waals surface area (Å²) in [6.07, 6.45) is 4.45. The molecule has 1 aliphatic rings. The molecule has 5 heteroatoms. The molecule has 1 fully saturated rings. The Kier molecular flexibility index (Phi) is 3.56. The molecule has 2 N–H and O–H groups in total. The summed E-state index contributed by atoms with van der Waals surface area (Å²) in [5, 5.41) is 3.96. The molecule has 5 nitrogen and oxygen atoms in total. The van der Waals surface area contributed by atoms with E-state index in [1.807, 2.05) is 0 Å². The van der Waals surface area contributed by atoms with Crippen molar-refractivity contribution in [1.29, 1.82) is 0 Å². The van der Waals surface area contributed by atoms with Gasteiger partial charge in [0.15, 0.2) is 5.69 Å². The fourth-order valence-electron chi connectivity index (χ4n) is 3.26. The van der Waals surface area contributed by atoms with Crippen molar-refractivity contribution in [3.8, 4) is 0 Å². The van der Waals surface area contributed by atoms with Crippen molar-refractivity contribution in [1.82, 2.24) is 9.78 Å². The molecule has 0 aliphatic heterocycles. The lowest BCUT2D eigenvalue weighted by Crippen LogP contribution is -2.34. The van der Waals surface area contributed by atoms with E-state index in [9.17, 15) is 4.79 Å². The first-order valence-corrected chi connectivity index (χ1v) is 6.77. The van der Waals surface area contributed by atoms with Crippen LogP contribution < -0.4 is 5.73 Å². The van der Waals surface area contributed by atoms with Gasteiger partial charge in [-0.3, -0.25) is 4.68 Å². The molecule has 0 amide bonds. The normalized spacial score (nSPS) is 26.1. The van der Waals surface area contributed by atoms with Crippen molar-refractivity contribution in [3.63, 3.8) is 0 Å². The minimum atomic E-state index is -0.368. The van der Waals surface area contributed by atoms with Crippen LogP contribution in [0.1, 0.15) is 50.5 Å². The molecule has 1 aliphatic carbocycles. The van der Waals surface area contributed by atoms with Gasteiger partial charge in [-0.05, 0) is 30.6 Å². The quantitative estimate of drug-likeness (QED) is 0.833. The smallest absolute Gasteiger partial charge is 0.359 e. The Bertz CT molecular complexity index is 460. The largest absolute Gasteiger partial charge is 0.458 e. The van der Waals surface area contributed by atoms with Gasteiger partial charge >= 0.3 is 5.97 Å². The van der Waals surface area contributed by atoms with Gasteiger partial charge in [-0.25, -0.2) is 4.79 Å². The first-order chi connectivity index (χ1) is 8.78. The molecule has 2 atom stereocenters. The minimum absolute atomic E-state index is 0.0273. The van der Waals surface area contributed by atoms with Crippen molar-refractivity contribution < 1.29 is 9.53 Å². The first-order valence-electron chi connectivity index (χ1n) is 6.77. The second-order valence-electron chi connectivity index (χ2n) is 6.51. The molecule has 2 rings (SSSR count). The summed E-state index contributed by atoms with van der Waals surface area (Å²) < 4.78 is 7.09. The maximum atomic E-state index is 12.2. The molecule has 19 heavy (non-hydrogen) atoms. The van der Waals surface area contributed by atoms with Crippen molar-refractivity contribution in [3.05, 3.63) is 11.9 Å². The summed E-state index contributed by atoms with van der Waals surface area (Å²) in [5.74, 6) is 0.206. The van der Waals surface area contributed by atoms with Crippen LogP contribution in [-0.4, -0.2) is 21.9 Å². The summed E-state index contributed by atoms with van der Waals surface area (Å²) >= 11 is 0. The van der Waals surface area contributed by atoms with Crippen LogP contribution in [-0.2, 0) is 11.8 Å². The van der Waals surface area contributed by atoms with Crippen molar-refractivity contribution in [2.24, 2.45) is 18.4 Å². The Morgan fingerprint density at radius 2 is 2.21 bits per heavy atom. The van der Waals surface area contributed by atoms with Gasteiger partial charge in [0.05, 0.1) is 11.9 Å². The standard InChI is InChI=1S/C14H23N3O2/c1-9-5-10(7-14(2,3)6-9)19-13(18)12-11(15)8-16-17(12)4/h8-10H,5-7,15H2,1-4H3. The number of hydrogen-bond acceptors (Lipinski definition) is 4. The molecular weight excluding hydrogens is 242 g/mol. The van der Waals surface area contributed by atoms with Crippen LogP contribution in [0, 0.1) is 11.3 Å². The highest BCUT2D eigenvalue weighted by molar-refractivity contribution is 5.93. The summed E-state index contributed by atoms with van der Waals surface area (Å²) in [6, 6.07) is 0. The van der Waals surface area contributed by atoms with E-state index in [2.05, 4.69) is 25.9 Å². The fraction of sp³-hybridized carbons (Fsp3) is 0.714.